The van der Waals surface area contributed by atoms with E-state index in [-0.39, 0.29) is 276 Å². The molecule has 0 nitrogen and oxygen atoms in total. The van der Waals surface area contributed by atoms with Gasteiger partial charge in [-0.2, -0.15) is 0 Å². The van der Waals surface area contributed by atoms with E-state index in [1.165, 1.54) is 0 Å². The Morgan fingerprint density at radius 1 is 0.286 bits per heavy atom. The average Bonchev–Trinajstić information content (AvgIpc) is 0. The van der Waals surface area contributed by atoms with Gasteiger partial charge in [-0.05, 0) is 0 Å². The molecule has 0 N–H and O–H groups in total. The molecule has 43 valence electrons. The zero-order chi connectivity index (χ0) is 0. The Labute approximate surface area is 265 Å². The van der Waals surface area contributed by atoms with Crippen LogP contribution >= 0.6 is 0 Å². The van der Waals surface area contributed by atoms with Gasteiger partial charge in [0.2, 0.25) is 0 Å². The van der Waals surface area contributed by atoms with Crippen molar-refractivity contribution in [1.29, 1.82) is 0 Å². The fourth-order valence-corrected chi connectivity index (χ4v) is 0. The summed E-state index contributed by atoms with van der Waals surface area (Å²) in [6.45, 7) is 0. The summed E-state index contributed by atoms with van der Waals surface area (Å²) in [4.78, 5) is 0. The first-order valence-corrected chi connectivity index (χ1v) is 0. The van der Waals surface area contributed by atoms with Gasteiger partial charge in [-0.1, -0.05) is 0 Å². The molecule has 0 aromatic heterocycles. The third-order valence-electron chi connectivity index (χ3n) is 0. The predicted octanol–water partition coefficient (Wildman–Crippen LogP) is -1.14. The van der Waals surface area contributed by atoms with Crippen LogP contribution in [0.25, 0.3) is 0 Å². The molecular formula is Bi3Eu4. The third kappa shape index (κ3) is 31.3. The largest absolute Gasteiger partial charge is 0 e. The second-order valence-corrected chi connectivity index (χ2v) is 0. The molecule has 0 aromatic carbocycles. The van der Waals surface area contributed by atoms with E-state index in [0.717, 1.165) is 0 Å². The van der Waals surface area contributed by atoms with Gasteiger partial charge in [-0.3, -0.25) is 0 Å². The number of hydrogen-bond donors (Lipinski definition) is 0. The van der Waals surface area contributed by atoms with Crippen molar-refractivity contribution >= 4 is 78.6 Å². The summed E-state index contributed by atoms with van der Waals surface area (Å²) in [5.41, 5.74) is 0. The molecule has 0 amide bonds. The second-order valence-electron chi connectivity index (χ2n) is 0. The van der Waals surface area contributed by atoms with Gasteiger partial charge in [0.25, 0.3) is 0 Å². The van der Waals surface area contributed by atoms with Crippen LogP contribution < -0.4 is 0 Å². The van der Waals surface area contributed by atoms with Crippen molar-refractivity contribution in [1.82, 2.24) is 0 Å². The summed E-state index contributed by atoms with van der Waals surface area (Å²) in [5.74, 6) is 0. The first-order chi connectivity index (χ1) is 0. The van der Waals surface area contributed by atoms with Gasteiger partial charge in [-0.15, -0.1) is 0 Å². The van der Waals surface area contributed by atoms with Crippen molar-refractivity contribution in [3.05, 3.63) is 0 Å². The van der Waals surface area contributed by atoms with Crippen LogP contribution in [0.1, 0.15) is 0 Å². The van der Waals surface area contributed by atoms with Gasteiger partial charge in [-0.25, -0.2) is 0 Å². The minimum absolute atomic E-state index is 0. The van der Waals surface area contributed by atoms with E-state index in [1.54, 1.807) is 0 Å². The molecule has 13 radical (unpaired) electrons. The Morgan fingerprint density at radius 3 is 0.286 bits per heavy atom. The van der Waals surface area contributed by atoms with Gasteiger partial charge in [0.15, 0.2) is 0 Å². The first kappa shape index (κ1) is 44.5. The van der Waals surface area contributed by atoms with E-state index in [4.69, 9.17) is 0 Å². The molecule has 0 aliphatic carbocycles. The molecule has 7 heavy (non-hydrogen) atoms. The SMILES string of the molecule is [Bi].[Bi].[Bi].[Eu].[Eu].[Eu].[Eu]. The van der Waals surface area contributed by atoms with Crippen molar-refractivity contribution in [2.75, 3.05) is 0 Å². The number of rotatable bonds is 0. The van der Waals surface area contributed by atoms with Crippen molar-refractivity contribution in [3.8, 4) is 0 Å². The molecule has 0 bridgehead atoms. The Kier molecular flexibility index (Phi) is 231. The summed E-state index contributed by atoms with van der Waals surface area (Å²) in [6, 6.07) is 0. The van der Waals surface area contributed by atoms with Gasteiger partial charge in [0.05, 0.1) is 0 Å². The van der Waals surface area contributed by atoms with Crippen LogP contribution in [0, 0.1) is 198 Å². The van der Waals surface area contributed by atoms with Crippen LogP contribution in [0.5, 0.6) is 0 Å². The molecule has 7 heteroatoms. The van der Waals surface area contributed by atoms with Crippen molar-refractivity contribution in [3.63, 3.8) is 0 Å². The fourth-order valence-electron chi connectivity index (χ4n) is 0. The molecule has 0 aromatic rings. The normalized spacial score (nSPS) is 0. The first-order valence-electron chi connectivity index (χ1n) is 0. The molecule has 0 saturated heterocycles. The van der Waals surface area contributed by atoms with Crippen LogP contribution in [0.15, 0.2) is 0 Å². The summed E-state index contributed by atoms with van der Waals surface area (Å²) in [5, 5.41) is 0. The number of hydrogen-bond acceptors (Lipinski definition) is 0. The minimum Gasteiger partial charge on any atom is 0 e. The van der Waals surface area contributed by atoms with E-state index >= 15 is 0 Å². The molecule has 0 fully saturated rings. The zero-order valence-electron chi connectivity index (χ0n) is 2.85. The van der Waals surface area contributed by atoms with Gasteiger partial charge in [0, 0.05) is 276 Å². The van der Waals surface area contributed by atoms with Crippen molar-refractivity contribution < 1.29 is 198 Å². The Balaban J connectivity index is 0. The molecule has 0 rings (SSSR count). The van der Waals surface area contributed by atoms with Crippen molar-refractivity contribution in [2.45, 2.75) is 0 Å². The maximum absolute atomic E-state index is 0. The standard InChI is InChI=1S/3Bi.4Eu. The van der Waals surface area contributed by atoms with E-state index in [9.17, 15) is 0 Å². The monoisotopic (exact) mass is 1240 g/mol. The maximum atomic E-state index is 0. The van der Waals surface area contributed by atoms with Gasteiger partial charge >= 0.3 is 0 Å². The van der Waals surface area contributed by atoms with Crippen LogP contribution in [0.2, 0.25) is 0 Å². The molecule has 0 aliphatic heterocycles. The predicted molar refractivity (Wildman–Crippen MR) is 17.3 cm³/mol. The van der Waals surface area contributed by atoms with E-state index in [2.05, 4.69) is 0 Å². The molecule has 0 saturated carbocycles. The molecule has 0 spiro atoms. The maximum Gasteiger partial charge on any atom is 0 e. The minimum atomic E-state index is 0. The Bertz CT molecular complexity index is 6.90. The summed E-state index contributed by atoms with van der Waals surface area (Å²) >= 11 is 0. The molecule has 0 aliphatic rings. The van der Waals surface area contributed by atoms with Crippen LogP contribution in [-0.2, 0) is 0 Å². The molecule has 0 atom stereocenters. The summed E-state index contributed by atoms with van der Waals surface area (Å²) in [6.07, 6.45) is 0. The topological polar surface area (TPSA) is 0 Å². The fraction of sp³-hybridized carbons (Fsp3) is 0. The van der Waals surface area contributed by atoms with Crippen LogP contribution in [-0.4, -0.2) is 78.6 Å². The smallest absolute Gasteiger partial charge is 0 e. The van der Waals surface area contributed by atoms with E-state index in [0.29, 0.717) is 0 Å². The average molecular weight is 1230 g/mol. The van der Waals surface area contributed by atoms with E-state index in [1.807, 2.05) is 0 Å². The van der Waals surface area contributed by atoms with Gasteiger partial charge in [0.1, 0.15) is 0 Å². The zero-order valence-corrected chi connectivity index (χ0v) is 23.0. The van der Waals surface area contributed by atoms with E-state index < -0.39 is 0 Å². The summed E-state index contributed by atoms with van der Waals surface area (Å²) in [7, 11) is 0. The Hall–Kier alpha value is 8.99. The summed E-state index contributed by atoms with van der Waals surface area (Å²) < 4.78 is 0. The molecule has 0 unspecified atom stereocenters. The molecule has 0 heterocycles. The third-order valence-corrected chi connectivity index (χ3v) is 0. The van der Waals surface area contributed by atoms with Gasteiger partial charge < -0.3 is 0 Å². The second kappa shape index (κ2) is 36.3. The Morgan fingerprint density at radius 2 is 0.286 bits per heavy atom. The van der Waals surface area contributed by atoms with Crippen LogP contribution in [0.3, 0.4) is 0 Å². The van der Waals surface area contributed by atoms with Crippen LogP contribution in [0.4, 0.5) is 0 Å². The quantitative estimate of drug-likeness (QED) is 0.270. The molecular weight excluding hydrogens is 1230 g/mol. The van der Waals surface area contributed by atoms with Crippen molar-refractivity contribution in [2.24, 2.45) is 0 Å².